The van der Waals surface area contributed by atoms with Gasteiger partial charge >= 0.3 is 0 Å². The maximum atomic E-state index is 12.5. The Morgan fingerprint density at radius 1 is 1.38 bits per heavy atom. The lowest BCUT2D eigenvalue weighted by atomic mass is 9.90. The standard InChI is InChI=1S/C19H24N2O2S/c22-18(15-6-2-1-3-7-15)21-13-19(14-21)10-17(12-24-19)23-11-16-8-4-5-9-20-16/h4-6,8-9,17H,1-3,7,10-14H2/t17-/m1/s1. The van der Waals surface area contributed by atoms with Crippen molar-refractivity contribution in [1.82, 2.24) is 9.88 Å². The molecule has 2 saturated heterocycles. The highest BCUT2D eigenvalue weighted by atomic mass is 32.2. The molecule has 0 aromatic carbocycles. The van der Waals surface area contributed by atoms with Crippen LogP contribution in [0.5, 0.6) is 0 Å². The summed E-state index contributed by atoms with van der Waals surface area (Å²) in [6.07, 6.45) is 9.71. The Bertz CT molecular complexity index is 626. The molecule has 0 N–H and O–H groups in total. The van der Waals surface area contributed by atoms with Crippen LogP contribution in [0, 0.1) is 0 Å². The van der Waals surface area contributed by atoms with E-state index in [0.717, 1.165) is 55.8 Å². The smallest absolute Gasteiger partial charge is 0.249 e. The van der Waals surface area contributed by atoms with Crippen molar-refractivity contribution in [3.63, 3.8) is 0 Å². The Morgan fingerprint density at radius 3 is 3.04 bits per heavy atom. The molecular weight excluding hydrogens is 320 g/mol. The number of carbonyl (C=O) groups is 1. The second-order valence-corrected chi connectivity index (χ2v) is 8.58. The minimum atomic E-state index is 0.236. The number of hydrogen-bond donors (Lipinski definition) is 0. The molecule has 0 unspecified atom stereocenters. The van der Waals surface area contributed by atoms with Gasteiger partial charge in [-0.05, 0) is 44.2 Å². The van der Waals surface area contributed by atoms with Crippen molar-refractivity contribution in [3.05, 3.63) is 41.7 Å². The van der Waals surface area contributed by atoms with Gasteiger partial charge in [-0.3, -0.25) is 9.78 Å². The SMILES string of the molecule is O=C(C1=CCCCC1)N1CC2(C[C@@H](OCc3ccccn3)CS2)C1. The van der Waals surface area contributed by atoms with Crippen LogP contribution in [0.1, 0.15) is 37.8 Å². The van der Waals surface area contributed by atoms with E-state index in [-0.39, 0.29) is 16.8 Å². The van der Waals surface area contributed by atoms with Crippen LogP contribution in [0.2, 0.25) is 0 Å². The number of amides is 1. The van der Waals surface area contributed by atoms with Crippen molar-refractivity contribution in [2.75, 3.05) is 18.8 Å². The minimum Gasteiger partial charge on any atom is -0.371 e. The number of thioether (sulfide) groups is 1. The molecule has 1 aromatic rings. The fraction of sp³-hybridized carbons (Fsp3) is 0.579. The van der Waals surface area contributed by atoms with Crippen LogP contribution in [0.4, 0.5) is 0 Å². The van der Waals surface area contributed by atoms with Gasteiger partial charge in [-0.1, -0.05) is 12.1 Å². The summed E-state index contributed by atoms with van der Waals surface area (Å²) in [5.74, 6) is 1.30. The van der Waals surface area contributed by atoms with Gasteiger partial charge in [-0.2, -0.15) is 0 Å². The first-order valence-electron chi connectivity index (χ1n) is 8.88. The van der Waals surface area contributed by atoms with E-state index >= 15 is 0 Å². The van der Waals surface area contributed by atoms with Crippen LogP contribution in [0.15, 0.2) is 36.0 Å². The highest BCUT2D eigenvalue weighted by molar-refractivity contribution is 8.01. The lowest BCUT2D eigenvalue weighted by molar-refractivity contribution is -0.132. The number of rotatable bonds is 4. The van der Waals surface area contributed by atoms with Gasteiger partial charge in [0.25, 0.3) is 0 Å². The number of aromatic nitrogens is 1. The van der Waals surface area contributed by atoms with Crippen molar-refractivity contribution in [1.29, 1.82) is 0 Å². The van der Waals surface area contributed by atoms with Gasteiger partial charge in [-0.25, -0.2) is 0 Å². The third-order valence-electron chi connectivity index (χ3n) is 5.18. The molecule has 4 nitrogen and oxygen atoms in total. The van der Waals surface area contributed by atoms with Crippen LogP contribution in [0.3, 0.4) is 0 Å². The zero-order valence-corrected chi connectivity index (χ0v) is 14.8. The van der Waals surface area contributed by atoms with E-state index in [1.54, 1.807) is 6.20 Å². The summed E-state index contributed by atoms with van der Waals surface area (Å²) in [6, 6.07) is 5.91. The first-order chi connectivity index (χ1) is 11.7. The van der Waals surface area contributed by atoms with E-state index in [2.05, 4.69) is 11.1 Å². The molecular formula is C19H24N2O2S. The Morgan fingerprint density at radius 2 is 2.29 bits per heavy atom. The van der Waals surface area contributed by atoms with Crippen molar-refractivity contribution in [3.8, 4) is 0 Å². The first kappa shape index (κ1) is 16.2. The average molecular weight is 344 g/mol. The summed E-state index contributed by atoms with van der Waals surface area (Å²) in [7, 11) is 0. The summed E-state index contributed by atoms with van der Waals surface area (Å²) < 4.78 is 6.27. The Balaban J connectivity index is 1.26. The lowest BCUT2D eigenvalue weighted by Crippen LogP contribution is -2.61. The molecule has 0 bridgehead atoms. The molecule has 4 rings (SSSR count). The largest absolute Gasteiger partial charge is 0.371 e. The molecule has 128 valence electrons. The molecule has 0 radical (unpaired) electrons. The number of likely N-dealkylation sites (tertiary alicyclic amines) is 1. The van der Waals surface area contributed by atoms with Gasteiger partial charge in [-0.15, -0.1) is 11.8 Å². The molecule has 3 aliphatic rings. The Labute approximate surface area is 147 Å². The van der Waals surface area contributed by atoms with Crippen molar-refractivity contribution in [2.45, 2.75) is 49.6 Å². The van der Waals surface area contributed by atoms with E-state index in [1.165, 1.54) is 6.42 Å². The van der Waals surface area contributed by atoms with Crippen LogP contribution >= 0.6 is 11.8 Å². The maximum Gasteiger partial charge on any atom is 0.249 e. The fourth-order valence-electron chi connectivity index (χ4n) is 3.85. The third kappa shape index (κ3) is 3.38. The average Bonchev–Trinajstić information content (AvgIpc) is 3.04. The summed E-state index contributed by atoms with van der Waals surface area (Å²) >= 11 is 1.98. The first-order valence-corrected chi connectivity index (χ1v) is 9.86. The number of hydrogen-bond acceptors (Lipinski definition) is 4. The van der Waals surface area contributed by atoms with Gasteiger partial charge in [0, 0.05) is 30.6 Å². The Kier molecular flexibility index (Phi) is 4.63. The van der Waals surface area contributed by atoms with Gasteiger partial charge in [0.15, 0.2) is 0 Å². The van der Waals surface area contributed by atoms with E-state index in [0.29, 0.717) is 6.61 Å². The normalized spacial score (nSPS) is 25.4. The van der Waals surface area contributed by atoms with E-state index in [4.69, 9.17) is 4.74 Å². The molecule has 24 heavy (non-hydrogen) atoms. The molecule has 0 saturated carbocycles. The monoisotopic (exact) mass is 344 g/mol. The molecule has 1 aromatic heterocycles. The maximum absolute atomic E-state index is 12.5. The van der Waals surface area contributed by atoms with Crippen molar-refractivity contribution >= 4 is 17.7 Å². The number of pyridine rings is 1. The third-order valence-corrected chi connectivity index (χ3v) is 6.75. The molecule has 5 heteroatoms. The fourth-order valence-corrected chi connectivity index (χ4v) is 5.40. The summed E-state index contributed by atoms with van der Waals surface area (Å²) in [6.45, 7) is 2.35. The molecule has 2 fully saturated rings. The lowest BCUT2D eigenvalue weighted by Gasteiger charge is -2.48. The zero-order valence-electron chi connectivity index (χ0n) is 13.9. The zero-order chi connectivity index (χ0) is 16.4. The van der Waals surface area contributed by atoms with Gasteiger partial charge in [0.2, 0.25) is 5.91 Å². The number of ether oxygens (including phenoxy) is 1. The minimum absolute atomic E-state index is 0.236. The quantitative estimate of drug-likeness (QED) is 0.841. The second-order valence-electron chi connectivity index (χ2n) is 7.09. The highest BCUT2D eigenvalue weighted by Gasteiger charge is 2.51. The molecule has 1 atom stereocenters. The molecule has 1 spiro atoms. The topological polar surface area (TPSA) is 42.4 Å². The predicted octanol–water partition coefficient (Wildman–Crippen LogP) is 3.19. The summed E-state index contributed by atoms with van der Waals surface area (Å²) in [5, 5.41) is 0. The van der Waals surface area contributed by atoms with E-state index < -0.39 is 0 Å². The molecule has 1 aliphatic carbocycles. The number of allylic oxidation sites excluding steroid dienone is 1. The Hall–Kier alpha value is -1.33. The summed E-state index contributed by atoms with van der Waals surface area (Å²) in [4.78, 5) is 18.9. The van der Waals surface area contributed by atoms with Gasteiger partial charge in [0.05, 0.1) is 23.2 Å². The van der Waals surface area contributed by atoms with Crippen LogP contribution in [-0.2, 0) is 16.1 Å². The van der Waals surface area contributed by atoms with E-state index in [1.807, 2.05) is 34.9 Å². The summed E-state index contributed by atoms with van der Waals surface area (Å²) in [5.41, 5.74) is 2.03. The number of carbonyl (C=O) groups excluding carboxylic acids is 1. The van der Waals surface area contributed by atoms with Crippen molar-refractivity contribution in [2.24, 2.45) is 0 Å². The van der Waals surface area contributed by atoms with Crippen LogP contribution < -0.4 is 0 Å². The van der Waals surface area contributed by atoms with Crippen LogP contribution in [-0.4, -0.2) is 45.5 Å². The predicted molar refractivity (Wildman–Crippen MR) is 95.8 cm³/mol. The molecule has 3 heterocycles. The van der Waals surface area contributed by atoms with E-state index in [9.17, 15) is 4.79 Å². The van der Waals surface area contributed by atoms with Crippen LogP contribution in [0.25, 0.3) is 0 Å². The second kappa shape index (κ2) is 6.89. The molecule has 2 aliphatic heterocycles. The van der Waals surface area contributed by atoms with Crippen molar-refractivity contribution < 1.29 is 9.53 Å². The van der Waals surface area contributed by atoms with Gasteiger partial charge < -0.3 is 9.64 Å². The van der Waals surface area contributed by atoms with Gasteiger partial charge in [0.1, 0.15) is 0 Å². The molecule has 1 amide bonds. The number of nitrogens with zero attached hydrogens (tertiary/aromatic N) is 2. The highest BCUT2D eigenvalue weighted by Crippen LogP contribution is 2.46.